The van der Waals surface area contributed by atoms with Crippen LogP contribution in [0.1, 0.15) is 17.3 Å². The monoisotopic (exact) mass is 259 g/mol. The Balaban J connectivity index is 2.20. The van der Waals surface area contributed by atoms with Crippen molar-refractivity contribution >= 4 is 10.9 Å². The Morgan fingerprint density at radius 3 is 2.89 bits per heavy atom. The summed E-state index contributed by atoms with van der Waals surface area (Å²) in [5, 5.41) is 4.54. The third-order valence-corrected chi connectivity index (χ3v) is 3.19. The molecule has 1 unspecified atom stereocenters. The molecule has 1 aromatic heterocycles. The molecule has 0 radical (unpaired) electrons. The fourth-order valence-corrected chi connectivity index (χ4v) is 2.14. The fourth-order valence-electron chi connectivity index (χ4n) is 2.14. The maximum Gasteiger partial charge on any atom is 0.0705 e. The number of hydrogen-bond acceptors (Lipinski definition) is 4. The van der Waals surface area contributed by atoms with E-state index in [1.165, 1.54) is 5.56 Å². The number of benzene rings is 1. The number of hydrogen-bond donors (Lipinski definition) is 2. The van der Waals surface area contributed by atoms with Crippen molar-refractivity contribution in [1.82, 2.24) is 10.3 Å². The van der Waals surface area contributed by atoms with Crippen molar-refractivity contribution < 1.29 is 4.74 Å². The SMILES string of the molecule is COCCNC(CN)c1ccc2nc(C)ccc2c1. The molecular weight excluding hydrogens is 238 g/mol. The minimum Gasteiger partial charge on any atom is -0.383 e. The van der Waals surface area contributed by atoms with Crippen LogP contribution in [-0.4, -0.2) is 31.8 Å². The molecule has 3 N–H and O–H groups in total. The minimum absolute atomic E-state index is 0.154. The molecule has 4 heteroatoms. The Morgan fingerprint density at radius 1 is 1.32 bits per heavy atom. The molecule has 0 aliphatic heterocycles. The number of nitrogens with two attached hydrogens (primary N) is 1. The molecule has 0 saturated carbocycles. The molecule has 0 bridgehead atoms. The number of rotatable bonds is 6. The highest BCUT2D eigenvalue weighted by molar-refractivity contribution is 5.79. The molecule has 1 atom stereocenters. The summed E-state index contributed by atoms with van der Waals surface area (Å²) in [7, 11) is 1.70. The number of nitrogens with one attached hydrogen (secondary N) is 1. The summed E-state index contributed by atoms with van der Waals surface area (Å²) in [5.41, 5.74) is 9.09. The van der Waals surface area contributed by atoms with Crippen molar-refractivity contribution in [3.63, 3.8) is 0 Å². The maximum absolute atomic E-state index is 5.84. The van der Waals surface area contributed by atoms with Gasteiger partial charge in [-0.3, -0.25) is 4.98 Å². The normalized spacial score (nSPS) is 12.8. The van der Waals surface area contributed by atoms with E-state index in [1.807, 2.05) is 13.0 Å². The lowest BCUT2D eigenvalue weighted by Gasteiger charge is -2.17. The summed E-state index contributed by atoms with van der Waals surface area (Å²) in [6.45, 7) is 4.05. The van der Waals surface area contributed by atoms with Crippen LogP contribution in [0.25, 0.3) is 10.9 Å². The van der Waals surface area contributed by atoms with E-state index in [9.17, 15) is 0 Å². The predicted molar refractivity (Wildman–Crippen MR) is 78.2 cm³/mol. The summed E-state index contributed by atoms with van der Waals surface area (Å²) in [4.78, 5) is 4.51. The van der Waals surface area contributed by atoms with E-state index in [0.717, 1.165) is 23.1 Å². The number of pyridine rings is 1. The van der Waals surface area contributed by atoms with E-state index in [1.54, 1.807) is 7.11 Å². The standard InChI is InChI=1S/C15H21N3O/c1-11-3-4-12-9-13(5-6-14(12)18-11)15(10-16)17-7-8-19-2/h3-6,9,15,17H,7-8,10,16H2,1-2H3. The van der Waals surface area contributed by atoms with E-state index in [2.05, 4.69) is 34.6 Å². The first-order valence-electron chi connectivity index (χ1n) is 6.54. The molecule has 2 aromatic rings. The smallest absolute Gasteiger partial charge is 0.0705 e. The number of ether oxygens (including phenoxy) is 1. The van der Waals surface area contributed by atoms with Crippen LogP contribution in [0.4, 0.5) is 0 Å². The molecule has 2 rings (SSSR count). The van der Waals surface area contributed by atoms with Gasteiger partial charge in [0.2, 0.25) is 0 Å². The van der Waals surface area contributed by atoms with Gasteiger partial charge in [0.15, 0.2) is 0 Å². The van der Waals surface area contributed by atoms with Crippen LogP contribution in [0.15, 0.2) is 30.3 Å². The van der Waals surface area contributed by atoms with Crippen molar-refractivity contribution in [2.24, 2.45) is 5.73 Å². The molecule has 1 aromatic carbocycles. The second-order valence-electron chi connectivity index (χ2n) is 4.64. The van der Waals surface area contributed by atoms with E-state index in [0.29, 0.717) is 13.2 Å². The Kier molecular flexibility index (Phi) is 4.85. The van der Waals surface area contributed by atoms with E-state index in [4.69, 9.17) is 10.5 Å². The first-order valence-corrected chi connectivity index (χ1v) is 6.54. The lowest BCUT2D eigenvalue weighted by molar-refractivity contribution is 0.196. The Labute approximate surface area is 114 Å². The molecular formula is C15H21N3O. The van der Waals surface area contributed by atoms with E-state index >= 15 is 0 Å². The molecule has 19 heavy (non-hydrogen) atoms. The van der Waals surface area contributed by atoms with Gasteiger partial charge in [0, 0.05) is 37.3 Å². The van der Waals surface area contributed by atoms with Gasteiger partial charge < -0.3 is 15.8 Å². The largest absolute Gasteiger partial charge is 0.383 e. The summed E-state index contributed by atoms with van der Waals surface area (Å²) in [6.07, 6.45) is 0. The molecule has 0 fully saturated rings. The Morgan fingerprint density at radius 2 is 2.16 bits per heavy atom. The number of aryl methyl sites for hydroxylation is 1. The van der Waals surface area contributed by atoms with Gasteiger partial charge in [-0.25, -0.2) is 0 Å². The van der Waals surface area contributed by atoms with Gasteiger partial charge in [-0.15, -0.1) is 0 Å². The summed E-state index contributed by atoms with van der Waals surface area (Å²) in [6, 6.07) is 10.6. The Hall–Kier alpha value is -1.49. The average Bonchev–Trinajstić information content (AvgIpc) is 2.43. The zero-order valence-corrected chi connectivity index (χ0v) is 11.5. The van der Waals surface area contributed by atoms with E-state index < -0.39 is 0 Å². The highest BCUT2D eigenvalue weighted by Crippen LogP contribution is 2.19. The number of aromatic nitrogens is 1. The highest BCUT2D eigenvalue weighted by atomic mass is 16.5. The summed E-state index contributed by atoms with van der Waals surface area (Å²) in [5.74, 6) is 0. The van der Waals surface area contributed by atoms with Crippen LogP contribution < -0.4 is 11.1 Å². The number of fused-ring (bicyclic) bond motifs is 1. The third kappa shape index (κ3) is 3.50. The van der Waals surface area contributed by atoms with Gasteiger partial charge in [0.1, 0.15) is 0 Å². The zero-order chi connectivity index (χ0) is 13.7. The van der Waals surface area contributed by atoms with Gasteiger partial charge >= 0.3 is 0 Å². The van der Waals surface area contributed by atoms with Crippen molar-refractivity contribution in [2.45, 2.75) is 13.0 Å². The molecule has 102 valence electrons. The second kappa shape index (κ2) is 6.61. The topological polar surface area (TPSA) is 60.2 Å². The molecule has 4 nitrogen and oxygen atoms in total. The first-order chi connectivity index (χ1) is 9.24. The maximum atomic E-state index is 5.84. The molecule has 0 spiro atoms. The molecule has 0 amide bonds. The van der Waals surface area contributed by atoms with Crippen molar-refractivity contribution in [3.8, 4) is 0 Å². The highest BCUT2D eigenvalue weighted by Gasteiger charge is 2.09. The van der Waals surface area contributed by atoms with Crippen LogP contribution in [0.3, 0.4) is 0 Å². The molecule has 0 aliphatic rings. The molecule has 0 aliphatic carbocycles. The Bertz CT molecular complexity index is 542. The van der Waals surface area contributed by atoms with Gasteiger partial charge in [0.25, 0.3) is 0 Å². The quantitative estimate of drug-likeness (QED) is 0.776. The van der Waals surface area contributed by atoms with Crippen LogP contribution >= 0.6 is 0 Å². The van der Waals surface area contributed by atoms with Gasteiger partial charge in [0.05, 0.1) is 12.1 Å². The number of nitrogens with zero attached hydrogens (tertiary/aromatic N) is 1. The lowest BCUT2D eigenvalue weighted by Crippen LogP contribution is -2.30. The minimum atomic E-state index is 0.154. The van der Waals surface area contributed by atoms with Crippen molar-refractivity contribution in [2.75, 3.05) is 26.8 Å². The van der Waals surface area contributed by atoms with Gasteiger partial charge in [-0.2, -0.15) is 0 Å². The molecule has 1 heterocycles. The zero-order valence-electron chi connectivity index (χ0n) is 11.5. The summed E-state index contributed by atoms with van der Waals surface area (Å²) < 4.78 is 5.04. The van der Waals surface area contributed by atoms with Crippen LogP contribution in [0.2, 0.25) is 0 Å². The second-order valence-corrected chi connectivity index (χ2v) is 4.64. The third-order valence-electron chi connectivity index (χ3n) is 3.19. The van der Waals surface area contributed by atoms with Crippen LogP contribution in [0.5, 0.6) is 0 Å². The van der Waals surface area contributed by atoms with Gasteiger partial charge in [-0.1, -0.05) is 12.1 Å². The van der Waals surface area contributed by atoms with Crippen molar-refractivity contribution in [1.29, 1.82) is 0 Å². The van der Waals surface area contributed by atoms with Crippen molar-refractivity contribution in [3.05, 3.63) is 41.6 Å². The van der Waals surface area contributed by atoms with Gasteiger partial charge in [-0.05, 0) is 30.7 Å². The fraction of sp³-hybridized carbons (Fsp3) is 0.400. The average molecular weight is 259 g/mol. The van der Waals surface area contributed by atoms with Crippen LogP contribution in [-0.2, 0) is 4.74 Å². The predicted octanol–water partition coefficient (Wildman–Crippen LogP) is 1.78. The lowest BCUT2D eigenvalue weighted by atomic mass is 10.0. The first kappa shape index (κ1) is 13.9. The number of methoxy groups -OCH3 is 1. The van der Waals surface area contributed by atoms with Crippen LogP contribution in [0, 0.1) is 6.92 Å². The van der Waals surface area contributed by atoms with E-state index in [-0.39, 0.29) is 6.04 Å². The molecule has 0 saturated heterocycles. The summed E-state index contributed by atoms with van der Waals surface area (Å²) >= 11 is 0.